The smallest absolute Gasteiger partial charge is 0.333 e. The number of carbonyl (C=O) groups is 1. The number of carboxylic acids is 1. The molecule has 0 fully saturated rings. The summed E-state index contributed by atoms with van der Waals surface area (Å²) in [7, 11) is -2.50. The summed E-state index contributed by atoms with van der Waals surface area (Å²) in [4.78, 5) is 10.4. The first-order chi connectivity index (χ1) is 8.77. The zero-order chi connectivity index (χ0) is 14.6. The predicted molar refractivity (Wildman–Crippen MR) is 66.6 cm³/mol. The van der Waals surface area contributed by atoms with Crippen LogP contribution in [0.15, 0.2) is 23.1 Å². The Morgan fingerprint density at radius 2 is 2.11 bits per heavy atom. The second-order valence-electron chi connectivity index (χ2n) is 3.84. The van der Waals surface area contributed by atoms with Gasteiger partial charge in [-0.3, -0.25) is 0 Å². The second kappa shape index (κ2) is 6.00. The van der Waals surface area contributed by atoms with Crippen molar-refractivity contribution in [2.24, 2.45) is 0 Å². The van der Waals surface area contributed by atoms with Crippen molar-refractivity contribution in [2.75, 3.05) is 13.7 Å². The summed E-state index contributed by atoms with van der Waals surface area (Å²) >= 11 is 0. The van der Waals surface area contributed by atoms with Crippen molar-refractivity contribution in [3.8, 4) is 5.75 Å². The van der Waals surface area contributed by atoms with Crippen LogP contribution < -0.4 is 9.46 Å². The molecule has 0 aliphatic carbocycles. The van der Waals surface area contributed by atoms with Crippen LogP contribution in [-0.4, -0.2) is 44.4 Å². The summed E-state index contributed by atoms with van der Waals surface area (Å²) in [6.45, 7) is 0.996. The number of aryl methyl sites for hydroxylation is 1. The van der Waals surface area contributed by atoms with Crippen molar-refractivity contribution < 1.29 is 28.2 Å². The Balaban J connectivity index is 2.97. The van der Waals surface area contributed by atoms with Gasteiger partial charge in [-0.05, 0) is 18.6 Å². The first-order valence-electron chi connectivity index (χ1n) is 5.33. The lowest BCUT2D eigenvalue weighted by atomic mass is 10.2. The maximum absolute atomic E-state index is 12.0. The molecule has 3 N–H and O–H groups in total. The minimum absolute atomic E-state index is 0.0237. The molecule has 1 unspecified atom stereocenters. The Labute approximate surface area is 110 Å². The minimum atomic E-state index is -3.91. The molecular weight excluding hydrogens is 274 g/mol. The highest BCUT2D eigenvalue weighted by molar-refractivity contribution is 7.89. The van der Waals surface area contributed by atoms with Crippen LogP contribution in [0.5, 0.6) is 5.75 Å². The lowest BCUT2D eigenvalue weighted by molar-refractivity contribution is -0.146. The quantitative estimate of drug-likeness (QED) is 0.664. The number of hydrogen-bond donors (Lipinski definition) is 3. The average molecular weight is 289 g/mol. The van der Waals surface area contributed by atoms with Crippen LogP contribution in [0, 0.1) is 6.92 Å². The molecule has 7 nitrogen and oxygen atoms in total. The third-order valence-electron chi connectivity index (χ3n) is 2.44. The molecule has 0 heterocycles. The monoisotopic (exact) mass is 289 g/mol. The number of methoxy groups -OCH3 is 1. The fourth-order valence-corrected chi connectivity index (χ4v) is 2.65. The molecule has 0 saturated carbocycles. The summed E-state index contributed by atoms with van der Waals surface area (Å²) in [6.07, 6.45) is -1.79. The lowest BCUT2D eigenvalue weighted by Gasteiger charge is -2.12. The second-order valence-corrected chi connectivity index (χ2v) is 5.57. The average Bonchev–Trinajstić information content (AvgIpc) is 2.36. The summed E-state index contributed by atoms with van der Waals surface area (Å²) in [5.41, 5.74) is 0.484. The van der Waals surface area contributed by atoms with Crippen molar-refractivity contribution in [3.63, 3.8) is 0 Å². The van der Waals surface area contributed by atoms with Crippen LogP contribution in [0.2, 0.25) is 0 Å². The zero-order valence-corrected chi connectivity index (χ0v) is 11.3. The molecule has 1 rings (SSSR count). The largest absolute Gasteiger partial charge is 0.497 e. The number of aliphatic hydroxyl groups excluding tert-OH is 1. The van der Waals surface area contributed by atoms with E-state index in [2.05, 4.69) is 0 Å². The van der Waals surface area contributed by atoms with E-state index in [0.29, 0.717) is 11.3 Å². The molecule has 0 aliphatic rings. The van der Waals surface area contributed by atoms with Gasteiger partial charge >= 0.3 is 5.97 Å². The molecule has 19 heavy (non-hydrogen) atoms. The fourth-order valence-electron chi connectivity index (χ4n) is 1.35. The number of aliphatic hydroxyl groups is 1. The summed E-state index contributed by atoms with van der Waals surface area (Å²) in [5, 5.41) is 17.5. The van der Waals surface area contributed by atoms with Crippen LogP contribution in [0.1, 0.15) is 5.56 Å². The Bertz CT molecular complexity index is 569. The third kappa shape index (κ3) is 3.91. The van der Waals surface area contributed by atoms with Gasteiger partial charge < -0.3 is 14.9 Å². The van der Waals surface area contributed by atoms with Gasteiger partial charge in [-0.1, -0.05) is 6.07 Å². The van der Waals surface area contributed by atoms with E-state index in [0.717, 1.165) is 0 Å². The number of benzene rings is 1. The number of sulfonamides is 1. The number of hydrogen-bond acceptors (Lipinski definition) is 5. The van der Waals surface area contributed by atoms with E-state index < -0.39 is 28.6 Å². The number of carboxylic acid groups (broad SMARTS) is 1. The van der Waals surface area contributed by atoms with Gasteiger partial charge in [0.1, 0.15) is 5.75 Å². The number of ether oxygens (including phenoxy) is 1. The van der Waals surface area contributed by atoms with Crippen molar-refractivity contribution in [1.29, 1.82) is 0 Å². The lowest BCUT2D eigenvalue weighted by Crippen LogP contribution is -2.36. The van der Waals surface area contributed by atoms with Crippen LogP contribution in [-0.2, 0) is 14.8 Å². The van der Waals surface area contributed by atoms with Crippen LogP contribution >= 0.6 is 0 Å². The van der Waals surface area contributed by atoms with Crippen molar-refractivity contribution in [3.05, 3.63) is 23.8 Å². The van der Waals surface area contributed by atoms with Gasteiger partial charge in [-0.25, -0.2) is 17.9 Å². The van der Waals surface area contributed by atoms with E-state index in [1.165, 1.54) is 13.2 Å². The van der Waals surface area contributed by atoms with E-state index in [1.807, 2.05) is 4.72 Å². The SMILES string of the molecule is COc1ccc(C)c(S(=O)(=O)NCC(O)C(=O)O)c1. The standard InChI is InChI=1S/C11H15NO6S/c1-7-3-4-8(18-2)5-10(7)19(16,17)12-6-9(13)11(14)15/h3-5,9,12-13H,6H2,1-2H3,(H,14,15). The van der Waals surface area contributed by atoms with Crippen LogP contribution in [0.3, 0.4) is 0 Å². The summed E-state index contributed by atoms with van der Waals surface area (Å²) in [5.74, 6) is -1.13. The van der Waals surface area contributed by atoms with E-state index in [4.69, 9.17) is 14.9 Å². The predicted octanol–water partition coefficient (Wildman–Crippen LogP) is -0.273. The molecular formula is C11H15NO6S. The molecule has 0 bridgehead atoms. The minimum Gasteiger partial charge on any atom is -0.497 e. The van der Waals surface area contributed by atoms with Crippen LogP contribution in [0.25, 0.3) is 0 Å². The Kier molecular flexibility index (Phi) is 4.87. The Morgan fingerprint density at radius 1 is 1.47 bits per heavy atom. The molecule has 1 aromatic carbocycles. The number of nitrogens with one attached hydrogen (secondary N) is 1. The highest BCUT2D eigenvalue weighted by Crippen LogP contribution is 2.21. The topological polar surface area (TPSA) is 113 Å². The normalized spacial score (nSPS) is 13.0. The summed E-state index contributed by atoms with van der Waals surface area (Å²) < 4.78 is 30.9. The van der Waals surface area contributed by atoms with Gasteiger partial charge in [0.15, 0.2) is 6.10 Å². The van der Waals surface area contributed by atoms with E-state index in [-0.39, 0.29) is 4.90 Å². The molecule has 0 saturated heterocycles. The molecule has 1 aromatic rings. The van der Waals surface area contributed by atoms with Gasteiger partial charge in [0.25, 0.3) is 0 Å². The zero-order valence-electron chi connectivity index (χ0n) is 10.5. The van der Waals surface area contributed by atoms with Crippen molar-refractivity contribution >= 4 is 16.0 Å². The van der Waals surface area contributed by atoms with Crippen molar-refractivity contribution in [2.45, 2.75) is 17.9 Å². The van der Waals surface area contributed by atoms with Gasteiger partial charge in [-0.2, -0.15) is 0 Å². The molecule has 0 amide bonds. The van der Waals surface area contributed by atoms with Crippen LogP contribution in [0.4, 0.5) is 0 Å². The van der Waals surface area contributed by atoms with Gasteiger partial charge in [0, 0.05) is 12.6 Å². The number of aliphatic carboxylic acids is 1. The van der Waals surface area contributed by atoms with Gasteiger partial charge in [-0.15, -0.1) is 0 Å². The van der Waals surface area contributed by atoms with Gasteiger partial charge in [0.05, 0.1) is 12.0 Å². The molecule has 106 valence electrons. The molecule has 0 aliphatic heterocycles. The molecule has 0 radical (unpaired) electrons. The highest BCUT2D eigenvalue weighted by atomic mass is 32.2. The van der Waals surface area contributed by atoms with Crippen molar-refractivity contribution in [1.82, 2.24) is 4.72 Å². The van der Waals surface area contributed by atoms with Gasteiger partial charge in [0.2, 0.25) is 10.0 Å². The number of rotatable bonds is 6. The van der Waals surface area contributed by atoms with E-state index in [1.54, 1.807) is 19.1 Å². The molecule has 0 aromatic heterocycles. The highest BCUT2D eigenvalue weighted by Gasteiger charge is 2.21. The Hall–Kier alpha value is -1.64. The first kappa shape index (κ1) is 15.4. The van der Waals surface area contributed by atoms with E-state index >= 15 is 0 Å². The molecule has 1 atom stereocenters. The maximum atomic E-state index is 12.0. The summed E-state index contributed by atoms with van der Waals surface area (Å²) in [6, 6.07) is 4.51. The Morgan fingerprint density at radius 3 is 2.63 bits per heavy atom. The fraction of sp³-hybridized carbons (Fsp3) is 0.364. The molecule has 8 heteroatoms. The first-order valence-corrected chi connectivity index (χ1v) is 6.81. The maximum Gasteiger partial charge on any atom is 0.333 e. The molecule has 0 spiro atoms. The third-order valence-corrected chi connectivity index (χ3v) is 4.00. The van der Waals surface area contributed by atoms with E-state index in [9.17, 15) is 13.2 Å².